The number of amides is 2. The van der Waals surface area contributed by atoms with E-state index in [1.54, 1.807) is 0 Å². The van der Waals surface area contributed by atoms with Gasteiger partial charge < -0.3 is 48.5 Å². The Bertz CT molecular complexity index is 1280. The molecule has 0 radical (unpaired) electrons. The van der Waals surface area contributed by atoms with E-state index in [-0.39, 0.29) is 33.4 Å². The van der Waals surface area contributed by atoms with E-state index >= 15 is 0 Å². The fraction of sp³-hybridized carbons (Fsp3) is 0.429. The molecule has 53 heavy (non-hydrogen) atoms. The Morgan fingerprint density at radius 1 is 0.377 bits per heavy atom. The van der Waals surface area contributed by atoms with Gasteiger partial charge in [-0.2, -0.15) is 0 Å². The lowest BCUT2D eigenvalue weighted by molar-refractivity contribution is -0.171. The second kappa shape index (κ2) is 21.9. The average molecular weight is 751 g/mol. The van der Waals surface area contributed by atoms with Gasteiger partial charge in [-0.05, 0) is 41.5 Å². The molecule has 2 N–H and O–H groups in total. The smallest absolute Gasteiger partial charge is 0.409 e. The molecule has 0 aliphatic carbocycles. The second-order valence-electron chi connectivity index (χ2n) is 11.8. The Morgan fingerprint density at radius 2 is 0.547 bits per heavy atom. The molecule has 0 heterocycles. The van der Waals surface area contributed by atoms with E-state index in [9.17, 15) is 38.4 Å². The van der Waals surface area contributed by atoms with Gasteiger partial charge in [0.15, 0.2) is 0 Å². The predicted molar refractivity (Wildman–Crippen MR) is 184 cm³/mol. The van der Waals surface area contributed by atoms with E-state index in [1.807, 2.05) is 0 Å². The lowest BCUT2D eigenvalue weighted by atomic mass is 10.1. The maximum Gasteiger partial charge on any atom is 0.409 e. The summed E-state index contributed by atoms with van der Waals surface area (Å²) in [6, 6.07) is 0. The first kappa shape index (κ1) is 46.8. The van der Waals surface area contributed by atoms with Gasteiger partial charge >= 0.3 is 48.0 Å². The summed E-state index contributed by atoms with van der Waals surface area (Å²) in [5.74, 6) is -5.58. The van der Waals surface area contributed by atoms with Crippen molar-refractivity contribution in [1.82, 2.24) is 10.6 Å². The molecular formula is C35H46N2O16. The predicted octanol–water partition coefficient (Wildman–Crippen LogP) is 2.59. The molecule has 18 nitrogen and oxygen atoms in total. The molecule has 0 bridgehead atoms. The molecule has 0 aromatic heterocycles. The molecule has 0 saturated heterocycles. The third-order valence-corrected chi connectivity index (χ3v) is 5.97. The minimum absolute atomic E-state index is 0.0434. The van der Waals surface area contributed by atoms with Gasteiger partial charge in [0.25, 0.3) is 0 Å². The molecule has 292 valence electrons. The Morgan fingerprint density at radius 3 is 0.698 bits per heavy atom. The number of alkyl carbamates (subject to hydrolysis) is 2. The standard InChI is InChI=1S/C35H46N2O16/c1-20(2)26(38)46-13-34(14-47-27(39)21(3)4,15-48-28(40)22(5)6)52-32(44)36-19-37-33(45)53-35(16-49-29(41)23(7)8,17-50-30(42)24(9)10)18-51-31(43)25(11)12/h1,3,5,7,9,11,13-19H2,2,4,6,8,10,12H3,(H,36,44)(H,37,45). The monoisotopic (exact) mass is 750 g/mol. The number of esters is 6. The molecule has 0 aliphatic rings. The SMILES string of the molecule is C=C(C)C(=O)OCC(COC(=O)C(=C)C)(COC(=O)C(=C)C)OC(=O)NCNC(=O)OC(COC(=O)C(=C)C)(COC(=O)C(=C)C)COC(=O)C(=C)C. The Balaban J connectivity index is 6.25. The van der Waals surface area contributed by atoms with Crippen molar-refractivity contribution in [2.75, 3.05) is 46.3 Å². The van der Waals surface area contributed by atoms with Crippen molar-refractivity contribution < 1.29 is 76.3 Å². The molecule has 0 aliphatic heterocycles. The number of rotatable bonds is 22. The highest BCUT2D eigenvalue weighted by Crippen LogP contribution is 2.19. The van der Waals surface area contributed by atoms with Crippen LogP contribution < -0.4 is 10.6 Å². The summed E-state index contributed by atoms with van der Waals surface area (Å²) in [5, 5.41) is 4.29. The van der Waals surface area contributed by atoms with Crippen molar-refractivity contribution in [2.24, 2.45) is 0 Å². The summed E-state index contributed by atoms with van der Waals surface area (Å²) >= 11 is 0. The Kier molecular flexibility index (Phi) is 19.3. The first-order chi connectivity index (χ1) is 24.5. The van der Waals surface area contributed by atoms with Gasteiger partial charge in [-0.25, -0.2) is 38.4 Å². The summed E-state index contributed by atoms with van der Waals surface area (Å²) in [6.07, 6.45) is -2.66. The molecule has 0 rings (SSSR count). The molecule has 0 spiro atoms. The van der Waals surface area contributed by atoms with E-state index in [4.69, 9.17) is 37.9 Å². The van der Waals surface area contributed by atoms with Crippen LogP contribution in [-0.2, 0) is 66.7 Å². The number of carbonyl (C=O) groups excluding carboxylic acids is 8. The van der Waals surface area contributed by atoms with Gasteiger partial charge in [0.05, 0.1) is 6.67 Å². The number of hydrogen-bond acceptors (Lipinski definition) is 16. The lowest BCUT2D eigenvalue weighted by Crippen LogP contribution is -2.54. The van der Waals surface area contributed by atoms with Crippen molar-refractivity contribution in [2.45, 2.75) is 52.7 Å². The minimum Gasteiger partial charge on any atom is -0.458 e. The average Bonchev–Trinajstić information content (AvgIpc) is 3.07. The number of carbonyl (C=O) groups is 8. The van der Waals surface area contributed by atoms with Gasteiger partial charge in [0.1, 0.15) is 39.6 Å². The van der Waals surface area contributed by atoms with Gasteiger partial charge in [-0.15, -0.1) is 0 Å². The molecule has 0 aromatic carbocycles. The van der Waals surface area contributed by atoms with E-state index < -0.39 is 106 Å². The van der Waals surface area contributed by atoms with Gasteiger partial charge in [-0.3, -0.25) is 0 Å². The Hall–Kier alpha value is -6.20. The highest BCUT2D eigenvalue weighted by molar-refractivity contribution is 5.89. The summed E-state index contributed by atoms with van der Waals surface area (Å²) in [4.78, 5) is 99.2. The molecule has 2 amide bonds. The van der Waals surface area contributed by atoms with E-state index in [0.717, 1.165) is 0 Å². The van der Waals surface area contributed by atoms with E-state index in [2.05, 4.69) is 50.1 Å². The number of nitrogens with one attached hydrogen (secondary N) is 2. The molecular weight excluding hydrogens is 704 g/mol. The second-order valence-corrected chi connectivity index (χ2v) is 11.8. The van der Waals surface area contributed by atoms with E-state index in [1.165, 1.54) is 41.5 Å². The van der Waals surface area contributed by atoms with Crippen molar-refractivity contribution in [3.05, 3.63) is 72.9 Å². The van der Waals surface area contributed by atoms with Gasteiger partial charge in [0.2, 0.25) is 11.2 Å². The maximum absolute atomic E-state index is 13.0. The van der Waals surface area contributed by atoms with Crippen LogP contribution in [0.25, 0.3) is 0 Å². The van der Waals surface area contributed by atoms with Crippen LogP contribution in [-0.4, -0.2) is 106 Å². The highest BCUT2D eigenvalue weighted by Gasteiger charge is 2.42. The molecule has 0 aromatic rings. The highest BCUT2D eigenvalue weighted by atomic mass is 16.7. The molecule has 0 unspecified atom stereocenters. The zero-order valence-electron chi connectivity index (χ0n) is 30.7. The number of hydrogen-bond donors (Lipinski definition) is 2. The minimum atomic E-state index is -2.16. The van der Waals surface area contributed by atoms with Crippen molar-refractivity contribution in [1.29, 1.82) is 0 Å². The topological polar surface area (TPSA) is 234 Å². The molecule has 0 atom stereocenters. The van der Waals surface area contributed by atoms with E-state index in [0.29, 0.717) is 0 Å². The maximum atomic E-state index is 13.0. The van der Waals surface area contributed by atoms with Crippen LogP contribution in [0.1, 0.15) is 41.5 Å². The fourth-order valence-corrected chi connectivity index (χ4v) is 3.00. The van der Waals surface area contributed by atoms with Crippen LogP contribution in [0, 0.1) is 0 Å². The third-order valence-electron chi connectivity index (χ3n) is 5.97. The van der Waals surface area contributed by atoms with Crippen LogP contribution in [0.5, 0.6) is 0 Å². The number of ether oxygens (including phenoxy) is 8. The fourth-order valence-electron chi connectivity index (χ4n) is 3.00. The summed E-state index contributed by atoms with van der Waals surface area (Å²) < 4.78 is 41.6. The largest absolute Gasteiger partial charge is 0.458 e. The molecule has 0 fully saturated rings. The van der Waals surface area contributed by atoms with Crippen LogP contribution in [0.4, 0.5) is 9.59 Å². The van der Waals surface area contributed by atoms with Gasteiger partial charge in [0, 0.05) is 33.4 Å². The molecule has 18 heteroatoms. The zero-order chi connectivity index (χ0) is 41.1. The zero-order valence-corrected chi connectivity index (χ0v) is 30.7. The first-order valence-electron chi connectivity index (χ1n) is 15.4. The summed E-state index contributed by atoms with van der Waals surface area (Å²) in [7, 11) is 0. The summed E-state index contributed by atoms with van der Waals surface area (Å²) in [5.41, 5.74) is -4.58. The van der Waals surface area contributed by atoms with Crippen LogP contribution in [0.15, 0.2) is 72.9 Å². The van der Waals surface area contributed by atoms with Crippen LogP contribution in [0.2, 0.25) is 0 Å². The normalized spacial score (nSPS) is 10.5. The van der Waals surface area contributed by atoms with Crippen molar-refractivity contribution in [3.63, 3.8) is 0 Å². The first-order valence-corrected chi connectivity index (χ1v) is 15.4. The van der Waals surface area contributed by atoms with Crippen molar-refractivity contribution in [3.8, 4) is 0 Å². The third kappa shape index (κ3) is 18.0. The van der Waals surface area contributed by atoms with Crippen LogP contribution in [0.3, 0.4) is 0 Å². The molecule has 0 saturated carbocycles. The van der Waals surface area contributed by atoms with Crippen molar-refractivity contribution >= 4 is 48.0 Å². The Labute approximate surface area is 306 Å². The van der Waals surface area contributed by atoms with Gasteiger partial charge in [-0.1, -0.05) is 39.5 Å². The lowest BCUT2D eigenvalue weighted by Gasteiger charge is -2.32. The summed E-state index contributed by atoms with van der Waals surface area (Å²) in [6.45, 7) is 23.1. The van der Waals surface area contributed by atoms with Crippen LogP contribution >= 0.6 is 0 Å². The quantitative estimate of drug-likeness (QED) is 0.0700.